The van der Waals surface area contributed by atoms with Gasteiger partial charge in [-0.3, -0.25) is 4.79 Å². The van der Waals surface area contributed by atoms with Crippen molar-refractivity contribution in [3.63, 3.8) is 0 Å². The number of amides is 1. The summed E-state index contributed by atoms with van der Waals surface area (Å²) in [5, 5.41) is 2.82. The van der Waals surface area contributed by atoms with Gasteiger partial charge >= 0.3 is 0 Å². The molecule has 0 bridgehead atoms. The van der Waals surface area contributed by atoms with E-state index in [1.807, 2.05) is 12.1 Å². The van der Waals surface area contributed by atoms with E-state index in [1.54, 1.807) is 12.1 Å². The van der Waals surface area contributed by atoms with Gasteiger partial charge in [0.1, 0.15) is 6.61 Å². The molecule has 2 rings (SSSR count). The highest BCUT2D eigenvalue weighted by Crippen LogP contribution is 2.35. The van der Waals surface area contributed by atoms with Gasteiger partial charge in [-0.25, -0.2) is 0 Å². The molecule has 0 saturated heterocycles. The van der Waals surface area contributed by atoms with E-state index in [-0.39, 0.29) is 18.6 Å². The molecule has 1 fully saturated rings. The van der Waals surface area contributed by atoms with E-state index in [1.165, 1.54) is 12.8 Å². The van der Waals surface area contributed by atoms with Crippen molar-refractivity contribution in [1.29, 1.82) is 0 Å². The molecule has 122 valence electrons. The van der Waals surface area contributed by atoms with E-state index in [0.29, 0.717) is 29.1 Å². The molecule has 1 aromatic carbocycles. The van der Waals surface area contributed by atoms with Gasteiger partial charge in [0.05, 0.1) is 17.5 Å². The number of hydrogen-bond donors (Lipinski definition) is 2. The van der Waals surface area contributed by atoms with E-state index in [0.717, 1.165) is 6.42 Å². The fraction of sp³-hybridized carbons (Fsp3) is 0.611. The predicted molar refractivity (Wildman–Crippen MR) is 90.6 cm³/mol. The third kappa shape index (κ3) is 4.47. The van der Waals surface area contributed by atoms with Crippen molar-refractivity contribution < 1.29 is 9.53 Å². The maximum atomic E-state index is 12.1. The summed E-state index contributed by atoms with van der Waals surface area (Å²) in [6.07, 6.45) is 3.68. The molecule has 3 atom stereocenters. The highest BCUT2D eigenvalue weighted by Gasteiger charge is 2.31. The summed E-state index contributed by atoms with van der Waals surface area (Å²) in [4.78, 5) is 12.1. The van der Waals surface area contributed by atoms with E-state index in [2.05, 4.69) is 26.1 Å². The molecule has 0 spiro atoms. The second kappa shape index (κ2) is 7.63. The second-order valence-electron chi connectivity index (χ2n) is 6.81. The molecule has 0 aromatic heterocycles. The van der Waals surface area contributed by atoms with Crippen LogP contribution < -0.4 is 11.1 Å². The summed E-state index contributed by atoms with van der Waals surface area (Å²) < 4.78 is 5.95. The smallest absolute Gasteiger partial charge is 0.250 e. The third-order valence-electron chi connectivity index (χ3n) is 4.62. The monoisotopic (exact) mass is 304 g/mol. The Kier molecular flexibility index (Phi) is 5.83. The van der Waals surface area contributed by atoms with Crippen LogP contribution in [0.1, 0.15) is 40.0 Å². The number of para-hydroxylation sites is 2. The number of benzene rings is 1. The average molecular weight is 304 g/mol. The number of nitrogens with one attached hydrogen (secondary N) is 1. The van der Waals surface area contributed by atoms with Crippen LogP contribution in [-0.2, 0) is 9.53 Å². The largest absolute Gasteiger partial charge is 0.397 e. The van der Waals surface area contributed by atoms with Crippen molar-refractivity contribution in [3.05, 3.63) is 24.3 Å². The SMILES string of the molecule is CC1CCC(C(C)C)C(OCC(=O)Nc2ccccc2N)C1. The number of carbonyl (C=O) groups excluding carboxylic acids is 1. The van der Waals surface area contributed by atoms with Crippen molar-refractivity contribution in [3.8, 4) is 0 Å². The molecule has 1 amide bonds. The van der Waals surface area contributed by atoms with Crippen molar-refractivity contribution in [1.82, 2.24) is 0 Å². The minimum atomic E-state index is -0.140. The lowest BCUT2D eigenvalue weighted by Gasteiger charge is -2.37. The summed E-state index contributed by atoms with van der Waals surface area (Å²) in [5.74, 6) is 1.67. The summed E-state index contributed by atoms with van der Waals surface area (Å²) in [6.45, 7) is 6.83. The van der Waals surface area contributed by atoms with Gasteiger partial charge in [0.15, 0.2) is 0 Å². The van der Waals surface area contributed by atoms with Gasteiger partial charge in [-0.2, -0.15) is 0 Å². The van der Waals surface area contributed by atoms with Crippen LogP contribution in [0.3, 0.4) is 0 Å². The van der Waals surface area contributed by atoms with E-state index in [9.17, 15) is 4.79 Å². The quantitative estimate of drug-likeness (QED) is 0.816. The molecular weight excluding hydrogens is 276 g/mol. The number of hydrogen-bond acceptors (Lipinski definition) is 3. The highest BCUT2D eigenvalue weighted by atomic mass is 16.5. The Morgan fingerprint density at radius 2 is 2.09 bits per heavy atom. The summed E-state index contributed by atoms with van der Waals surface area (Å²) in [7, 11) is 0. The van der Waals surface area contributed by atoms with Crippen LogP contribution in [0.15, 0.2) is 24.3 Å². The zero-order valence-corrected chi connectivity index (χ0v) is 13.8. The Bertz CT molecular complexity index is 502. The highest BCUT2D eigenvalue weighted by molar-refractivity contribution is 5.94. The number of nitrogen functional groups attached to an aromatic ring is 1. The predicted octanol–water partition coefficient (Wildman–Crippen LogP) is 3.68. The minimum Gasteiger partial charge on any atom is -0.397 e. The molecule has 1 saturated carbocycles. The molecule has 3 N–H and O–H groups in total. The van der Waals surface area contributed by atoms with Gasteiger partial charge in [0.25, 0.3) is 0 Å². The zero-order chi connectivity index (χ0) is 16.1. The second-order valence-corrected chi connectivity index (χ2v) is 6.81. The first kappa shape index (κ1) is 16.8. The summed E-state index contributed by atoms with van der Waals surface area (Å²) in [5.41, 5.74) is 7.05. The van der Waals surface area contributed by atoms with Crippen molar-refractivity contribution in [2.75, 3.05) is 17.7 Å². The normalized spacial score (nSPS) is 25.2. The Hall–Kier alpha value is -1.55. The number of nitrogens with two attached hydrogens (primary N) is 1. The molecule has 4 nitrogen and oxygen atoms in total. The Labute approximate surface area is 133 Å². The fourth-order valence-corrected chi connectivity index (χ4v) is 3.29. The standard InChI is InChI=1S/C18H28N2O2/c1-12(2)14-9-8-13(3)10-17(14)22-11-18(21)20-16-7-5-4-6-15(16)19/h4-7,12-14,17H,8-11,19H2,1-3H3,(H,20,21). The topological polar surface area (TPSA) is 64.3 Å². The average Bonchev–Trinajstić information content (AvgIpc) is 2.47. The summed E-state index contributed by atoms with van der Waals surface area (Å²) in [6, 6.07) is 7.27. The molecule has 0 heterocycles. The molecule has 0 radical (unpaired) electrons. The molecule has 1 aliphatic carbocycles. The van der Waals surface area contributed by atoms with Crippen LogP contribution in [0, 0.1) is 17.8 Å². The van der Waals surface area contributed by atoms with Crippen LogP contribution in [0.4, 0.5) is 11.4 Å². The molecule has 4 heteroatoms. The van der Waals surface area contributed by atoms with Gasteiger partial charge in [-0.1, -0.05) is 39.3 Å². The maximum absolute atomic E-state index is 12.1. The van der Waals surface area contributed by atoms with Gasteiger partial charge in [-0.15, -0.1) is 0 Å². The minimum absolute atomic E-state index is 0.0922. The maximum Gasteiger partial charge on any atom is 0.250 e. The lowest BCUT2D eigenvalue weighted by atomic mass is 9.75. The molecule has 1 aromatic rings. The van der Waals surface area contributed by atoms with Crippen molar-refractivity contribution in [2.24, 2.45) is 17.8 Å². The first-order valence-electron chi connectivity index (χ1n) is 8.23. The first-order chi connectivity index (χ1) is 10.5. The number of ether oxygens (including phenoxy) is 1. The van der Waals surface area contributed by atoms with Crippen LogP contribution in [0.25, 0.3) is 0 Å². The van der Waals surface area contributed by atoms with E-state index < -0.39 is 0 Å². The Balaban J connectivity index is 1.87. The van der Waals surface area contributed by atoms with Gasteiger partial charge in [0, 0.05) is 0 Å². The van der Waals surface area contributed by atoms with Gasteiger partial charge < -0.3 is 15.8 Å². The zero-order valence-electron chi connectivity index (χ0n) is 13.8. The van der Waals surface area contributed by atoms with Crippen molar-refractivity contribution >= 4 is 17.3 Å². The van der Waals surface area contributed by atoms with E-state index >= 15 is 0 Å². The first-order valence-corrected chi connectivity index (χ1v) is 8.23. The lowest BCUT2D eigenvalue weighted by molar-refractivity contribution is -0.126. The van der Waals surface area contributed by atoms with Gasteiger partial charge in [-0.05, 0) is 42.7 Å². The van der Waals surface area contributed by atoms with Crippen LogP contribution in [0.5, 0.6) is 0 Å². The van der Waals surface area contributed by atoms with Crippen LogP contribution in [-0.4, -0.2) is 18.6 Å². The van der Waals surface area contributed by atoms with E-state index in [4.69, 9.17) is 10.5 Å². The number of carbonyl (C=O) groups is 1. The molecule has 22 heavy (non-hydrogen) atoms. The molecule has 1 aliphatic rings. The molecular formula is C18H28N2O2. The van der Waals surface area contributed by atoms with Crippen LogP contribution in [0.2, 0.25) is 0 Å². The fourth-order valence-electron chi connectivity index (χ4n) is 3.29. The Morgan fingerprint density at radius 3 is 2.77 bits per heavy atom. The summed E-state index contributed by atoms with van der Waals surface area (Å²) >= 11 is 0. The lowest BCUT2D eigenvalue weighted by Crippen LogP contribution is -2.36. The molecule has 0 aliphatic heterocycles. The number of anilines is 2. The third-order valence-corrected chi connectivity index (χ3v) is 4.62. The van der Waals surface area contributed by atoms with Gasteiger partial charge in [0.2, 0.25) is 5.91 Å². The Morgan fingerprint density at radius 1 is 1.36 bits per heavy atom. The number of rotatable bonds is 5. The van der Waals surface area contributed by atoms with Crippen LogP contribution >= 0.6 is 0 Å². The van der Waals surface area contributed by atoms with Crippen molar-refractivity contribution in [2.45, 2.75) is 46.1 Å². The molecule has 3 unspecified atom stereocenters.